The van der Waals surface area contributed by atoms with Crippen LogP contribution in [0.25, 0.3) is 0 Å². The number of esters is 8. The lowest BCUT2D eigenvalue weighted by atomic mass is 9.40. The van der Waals surface area contributed by atoms with Crippen LogP contribution in [0.3, 0.4) is 0 Å². The first kappa shape index (κ1) is 96.0. The van der Waals surface area contributed by atoms with E-state index in [1.165, 1.54) is 39.8 Å². The number of rotatable bonds is 22. The van der Waals surface area contributed by atoms with Gasteiger partial charge in [-0.3, -0.25) is 19.2 Å². The molecule has 0 radical (unpaired) electrons. The van der Waals surface area contributed by atoms with Gasteiger partial charge in [0.25, 0.3) is 0 Å². The minimum Gasteiger partial charge on any atom is -0.458 e. The fourth-order valence-electron chi connectivity index (χ4n) is 21.9. The van der Waals surface area contributed by atoms with E-state index in [1.54, 1.807) is 144 Å². The number of aliphatic hydroxyl groups excluding tert-OH is 2. The van der Waals surface area contributed by atoms with Gasteiger partial charge in [0.05, 0.1) is 47.9 Å². The Morgan fingerprint density at radius 2 is 0.887 bits per heavy atom. The molecule has 31 nitrogen and oxygen atoms in total. The van der Waals surface area contributed by atoms with Gasteiger partial charge in [-0.05, 0) is 158 Å². The molecule has 2 amide bonds. The first-order valence-electron chi connectivity index (χ1n) is 43.0. The van der Waals surface area contributed by atoms with Gasteiger partial charge in [0.2, 0.25) is 0 Å². The normalized spacial score (nSPS) is 35.5. The summed E-state index contributed by atoms with van der Waals surface area (Å²) in [7, 11) is 0. The summed E-state index contributed by atoms with van der Waals surface area (Å²) in [6, 6.07) is 14.2. The molecule has 5 saturated carbocycles. The zero-order valence-corrected chi connectivity index (χ0v) is 75.4. The number of ether oxygens (including phenoxy) is 15. The van der Waals surface area contributed by atoms with E-state index < -0.39 is 237 Å². The summed E-state index contributed by atoms with van der Waals surface area (Å²) in [5.74, 6) is -9.13. The molecule has 10 aliphatic rings. The van der Waals surface area contributed by atoms with Crippen LogP contribution in [0.4, 0.5) is 9.59 Å². The van der Waals surface area contributed by atoms with Gasteiger partial charge in [-0.25, -0.2) is 28.8 Å². The van der Waals surface area contributed by atoms with Crippen LogP contribution in [0, 0.1) is 51.2 Å². The van der Waals surface area contributed by atoms with Crippen molar-refractivity contribution in [2.75, 3.05) is 6.61 Å². The number of aliphatic hydroxyl groups is 4. The molecule has 8 fully saturated rings. The van der Waals surface area contributed by atoms with E-state index in [0.29, 0.717) is 41.6 Å². The highest BCUT2D eigenvalue weighted by atomic mass is 16.7. The molecule has 0 aromatic heterocycles. The molecule has 6 N–H and O–H groups in total. The van der Waals surface area contributed by atoms with Crippen LogP contribution in [0.5, 0.6) is 0 Å². The number of hydrogen-bond donors (Lipinski definition) is 6. The van der Waals surface area contributed by atoms with Crippen LogP contribution in [0.15, 0.2) is 108 Å². The number of nitrogens with one attached hydrogen (secondary N) is 2. The van der Waals surface area contributed by atoms with Crippen LogP contribution in [0.2, 0.25) is 0 Å². The summed E-state index contributed by atoms with van der Waals surface area (Å²) in [4.78, 5) is 136. The number of hydrogen-bond acceptors (Lipinski definition) is 29. The van der Waals surface area contributed by atoms with E-state index in [2.05, 4.69) is 23.8 Å². The minimum atomic E-state index is -2.23. The molecule has 26 atom stereocenters. The Hall–Kier alpha value is -8.66. The van der Waals surface area contributed by atoms with Gasteiger partial charge >= 0.3 is 59.9 Å². The maximum Gasteiger partial charge on any atom is 0.407 e. The van der Waals surface area contributed by atoms with Crippen molar-refractivity contribution < 1.29 is 139 Å². The largest absolute Gasteiger partial charge is 0.458 e. The third-order valence-corrected chi connectivity index (χ3v) is 27.4. The number of carbonyl (C=O) groups is 10. The van der Waals surface area contributed by atoms with Crippen LogP contribution >= 0.6 is 0 Å². The van der Waals surface area contributed by atoms with Gasteiger partial charge in [-0.1, -0.05) is 119 Å². The van der Waals surface area contributed by atoms with Crippen LogP contribution < -0.4 is 10.6 Å². The van der Waals surface area contributed by atoms with Crippen LogP contribution in [-0.2, 0) is 99.8 Å². The van der Waals surface area contributed by atoms with Crippen molar-refractivity contribution in [3.8, 4) is 0 Å². The van der Waals surface area contributed by atoms with Crippen molar-refractivity contribution in [1.29, 1.82) is 0 Å². The molecule has 0 spiro atoms. The van der Waals surface area contributed by atoms with Gasteiger partial charge in [0.15, 0.2) is 42.6 Å². The predicted octanol–water partition coefficient (Wildman–Crippen LogP) is 10.8. The monoisotopic (exact) mass is 1740 g/mol. The summed E-state index contributed by atoms with van der Waals surface area (Å²) >= 11 is 0. The lowest BCUT2D eigenvalue weighted by Gasteiger charge is -2.71. The lowest BCUT2D eigenvalue weighted by Crippen LogP contribution is -2.83. The third-order valence-electron chi connectivity index (χ3n) is 27.4. The topological polar surface area (TPSA) is 414 Å². The molecule has 3 heterocycles. The fourth-order valence-corrected chi connectivity index (χ4v) is 21.9. The summed E-state index contributed by atoms with van der Waals surface area (Å²) in [6.45, 7) is 44.3. The Labute approximate surface area is 725 Å². The molecule has 2 unspecified atom stereocenters. The van der Waals surface area contributed by atoms with E-state index in [-0.39, 0.29) is 61.2 Å². The predicted molar refractivity (Wildman–Crippen MR) is 443 cm³/mol. The van der Waals surface area contributed by atoms with Crippen molar-refractivity contribution in [3.05, 3.63) is 119 Å². The Morgan fingerprint density at radius 1 is 0.516 bits per heavy atom. The van der Waals surface area contributed by atoms with E-state index in [1.807, 2.05) is 41.5 Å². The van der Waals surface area contributed by atoms with Crippen LogP contribution in [-0.4, -0.2) is 225 Å². The standard InChI is InChI=1S/C47H65NO14.C46H63NO15/c1-13-33-58-32-22-29-19-20-46(29,61-27(6)50)37-39(60-40(52)28-17-15-14-16-18-28)47(55)23-31(57-41(53)35(51)30(21-24(2)3)48-42(54)62-43(7,8)9)25(4)34(44(47,10)11)36(56-26(5)49)38(59-33)45(32,37)12;1-13-32-58-30-20-31-45(22-55-31,61-26(6)49)36-38(60-39(51)27-17-15-14-16-18-27)46(54)21-29(57-40(52)34(50)28(19-23(2)3)47-41(53)62-42(7,8)9)24(4)33(43(46,10)11)35(56-25(5)48)37(59-32)44(30,36)12/h13-18,24,29-33,35-39,51,55H,1,19-23H2,2-12H3,(H,48,54);13-18,23,28-32,34-38,50,54H,1,19-22H2,2-12H3,(H,47,53)/t29-,30?,31+,32+,33+,35-,36+,37+,38+,39+,45-,46+,47-;28?,29-,30-,31+,32+,34+,35-,36-,37-,38-,44+,45-,46+/m10/s1. The molecule has 3 aliphatic heterocycles. The van der Waals surface area contributed by atoms with Crippen LogP contribution in [0.1, 0.15) is 224 Å². The third kappa shape index (κ3) is 17.8. The number of fused-ring (bicyclic) bond motifs is 8. The van der Waals surface area contributed by atoms with Crippen molar-refractivity contribution >= 4 is 59.9 Å². The molecule has 4 bridgehead atoms. The number of carbonyl (C=O) groups excluding carboxylic acids is 10. The molecule has 684 valence electrons. The van der Waals surface area contributed by atoms with E-state index in [9.17, 15) is 68.4 Å². The Bertz CT molecular complexity index is 4190. The molecule has 7 aliphatic carbocycles. The number of benzene rings is 2. The highest BCUT2D eigenvalue weighted by Crippen LogP contribution is 2.72. The molecule has 31 heteroatoms. The summed E-state index contributed by atoms with van der Waals surface area (Å²) < 4.78 is 94.6. The maximum absolute atomic E-state index is 14.5. The number of alkyl carbamates (subject to hydrolysis) is 2. The van der Waals surface area contributed by atoms with E-state index in [4.69, 9.17) is 71.1 Å². The average Bonchev–Trinajstić information content (AvgIpc) is 0.666. The highest BCUT2D eigenvalue weighted by molar-refractivity contribution is 5.90. The number of amides is 2. The van der Waals surface area contributed by atoms with Gasteiger partial charge in [0, 0.05) is 80.5 Å². The fraction of sp³-hybridized carbons (Fsp3) is 0.677. The zero-order chi connectivity index (χ0) is 91.8. The second-order valence-corrected chi connectivity index (χ2v) is 39.5. The molecule has 2 aromatic rings. The Balaban J connectivity index is 0.000000241. The average molecular weight is 1740 g/mol. The lowest BCUT2D eigenvalue weighted by molar-refractivity contribution is -0.405. The maximum atomic E-state index is 14.5. The van der Waals surface area contributed by atoms with Crippen molar-refractivity contribution in [1.82, 2.24) is 10.6 Å². The first-order valence-corrected chi connectivity index (χ1v) is 43.0. The second-order valence-electron chi connectivity index (χ2n) is 39.5. The van der Waals surface area contributed by atoms with Gasteiger partial charge in [-0.2, -0.15) is 0 Å². The Morgan fingerprint density at radius 3 is 1.21 bits per heavy atom. The molecular weight excluding hydrogens is 1610 g/mol. The van der Waals surface area contributed by atoms with Gasteiger partial charge in [0.1, 0.15) is 70.7 Å². The first-order chi connectivity index (χ1) is 57.6. The zero-order valence-electron chi connectivity index (χ0n) is 75.4. The summed E-state index contributed by atoms with van der Waals surface area (Å²) in [5, 5.41) is 56.3. The molecule has 3 saturated heterocycles. The SMILES string of the molecule is C=C[C@@H]1O[C@H]2C[C@H]3OC[C@@]3(OC(C)=O)[C@H]3[C@H](OC(=O)c4ccccc4)[C@]4(O)C[C@H](OC(=O)[C@H](O)C(CC(C)C)NC(=O)OC(C)(C)C)C(C)=C([C@H](OC(C)=O)[C@H](O1)[C@]23C)C4(C)C.C=C[C@H]1O[C@H]2C[C@H]3CC[C@@]3(OC(C)=O)[C@H]3[C@H](OC(=O)c4ccccc4)[C@]4(O)C[C@H](OC(=O)[C@H](O)C(CC(C)C)NC(=O)OC(C)(C)C)C(C)=C([C@H](OC(C)=O)[C@H](O1)[C@]23C)C4(C)C. The molecule has 12 rings (SSSR count). The summed E-state index contributed by atoms with van der Waals surface area (Å²) in [5.41, 5.74) is -12.8. The summed E-state index contributed by atoms with van der Waals surface area (Å²) in [6.07, 6.45) is -16.2. The highest BCUT2D eigenvalue weighted by Gasteiger charge is 2.82. The quantitative estimate of drug-likeness (QED) is 0.0362. The minimum absolute atomic E-state index is 0.0824. The Kier molecular flexibility index (Phi) is 27.5. The second kappa shape index (κ2) is 35.5. The molecule has 2 aromatic carbocycles. The van der Waals surface area contributed by atoms with Crippen molar-refractivity contribution in [2.24, 2.45) is 51.2 Å². The molecular formula is C93H128N2O29. The van der Waals surface area contributed by atoms with Crippen molar-refractivity contribution in [2.45, 2.75) is 341 Å². The van der Waals surface area contributed by atoms with Gasteiger partial charge < -0.3 is 102 Å². The smallest absolute Gasteiger partial charge is 0.407 e. The van der Waals surface area contributed by atoms with E-state index in [0.717, 1.165) is 0 Å². The molecule has 124 heavy (non-hydrogen) atoms. The van der Waals surface area contributed by atoms with Gasteiger partial charge in [-0.15, -0.1) is 0 Å². The van der Waals surface area contributed by atoms with E-state index >= 15 is 0 Å². The van der Waals surface area contributed by atoms with Crippen molar-refractivity contribution in [3.63, 3.8) is 0 Å².